The number of hydrogen-bond acceptors (Lipinski definition) is 4. The fourth-order valence-corrected chi connectivity index (χ4v) is 4.88. The molecule has 2 aromatic heterocycles. The molecule has 0 fully saturated rings. The van der Waals surface area contributed by atoms with Crippen molar-refractivity contribution in [2.24, 2.45) is 13.0 Å². The number of imidazole rings is 1. The monoisotopic (exact) mass is 463 g/mol. The molecule has 33 heavy (non-hydrogen) atoms. The minimum Gasteiger partial charge on any atom is -0.311 e. The van der Waals surface area contributed by atoms with E-state index < -0.39 is 0 Å². The molecule has 0 saturated heterocycles. The standard InChI is InChI=1S/C25H26ClN5O2/c1-15-6-5-7-18(10-15)14-31-23(32)21-22(28(4)25(31)33)27-24-29(12-16(2)13-30(21)24)20-11-19(26)9-8-17(20)3/h5-11,16H,12-14H2,1-4H3/t16-/m0/s1. The largest absolute Gasteiger partial charge is 0.332 e. The number of rotatable bonds is 3. The number of hydrogen-bond donors (Lipinski definition) is 0. The Bertz CT molecular complexity index is 1510. The van der Waals surface area contributed by atoms with E-state index in [0.29, 0.717) is 28.7 Å². The SMILES string of the molecule is Cc1cccc(Cn2c(=O)c3c(nc4n3C[C@@H](C)CN4c3cc(Cl)ccc3C)n(C)c2=O)c1. The lowest BCUT2D eigenvalue weighted by atomic mass is 10.1. The van der Waals surface area contributed by atoms with Crippen LogP contribution in [0.2, 0.25) is 5.02 Å². The van der Waals surface area contributed by atoms with Gasteiger partial charge in [-0.05, 0) is 43.0 Å². The summed E-state index contributed by atoms with van der Waals surface area (Å²) in [5.41, 5.74) is 4.19. The highest BCUT2D eigenvalue weighted by atomic mass is 35.5. The van der Waals surface area contributed by atoms with Crippen LogP contribution in [-0.2, 0) is 20.1 Å². The molecule has 2 aromatic carbocycles. The number of aryl methyl sites for hydroxylation is 3. The highest BCUT2D eigenvalue weighted by Crippen LogP contribution is 2.35. The molecule has 0 radical (unpaired) electrons. The lowest BCUT2D eigenvalue weighted by molar-refractivity contribution is 0.457. The highest BCUT2D eigenvalue weighted by Gasteiger charge is 2.30. The van der Waals surface area contributed by atoms with Crippen LogP contribution in [0.15, 0.2) is 52.1 Å². The predicted octanol–water partition coefficient (Wildman–Crippen LogP) is 4.00. The van der Waals surface area contributed by atoms with Gasteiger partial charge in [-0.2, -0.15) is 4.98 Å². The van der Waals surface area contributed by atoms with Crippen molar-refractivity contribution in [1.29, 1.82) is 0 Å². The van der Waals surface area contributed by atoms with E-state index in [1.807, 2.05) is 60.9 Å². The van der Waals surface area contributed by atoms with Gasteiger partial charge in [0.1, 0.15) is 0 Å². The first-order valence-electron chi connectivity index (χ1n) is 11.0. The summed E-state index contributed by atoms with van der Waals surface area (Å²) < 4.78 is 4.74. The number of benzene rings is 2. The van der Waals surface area contributed by atoms with Gasteiger partial charge in [0, 0.05) is 30.8 Å². The Hall–Kier alpha value is -3.32. The van der Waals surface area contributed by atoms with E-state index in [9.17, 15) is 9.59 Å². The van der Waals surface area contributed by atoms with Gasteiger partial charge in [0.2, 0.25) is 5.95 Å². The van der Waals surface area contributed by atoms with Gasteiger partial charge in [0.05, 0.1) is 6.54 Å². The second-order valence-corrected chi connectivity index (χ2v) is 9.50. The van der Waals surface area contributed by atoms with E-state index in [4.69, 9.17) is 16.6 Å². The summed E-state index contributed by atoms with van der Waals surface area (Å²) in [6.45, 7) is 7.79. The van der Waals surface area contributed by atoms with Gasteiger partial charge in [-0.1, -0.05) is 54.4 Å². The minimum atomic E-state index is -0.372. The van der Waals surface area contributed by atoms with E-state index in [1.165, 1.54) is 9.13 Å². The fraction of sp³-hybridized carbons (Fsp3) is 0.320. The third-order valence-electron chi connectivity index (χ3n) is 6.33. The normalized spacial score (nSPS) is 15.8. The second-order valence-electron chi connectivity index (χ2n) is 9.06. The molecule has 0 unspecified atom stereocenters. The molecule has 3 heterocycles. The Morgan fingerprint density at radius 3 is 2.64 bits per heavy atom. The predicted molar refractivity (Wildman–Crippen MR) is 132 cm³/mol. The molecule has 170 valence electrons. The lowest BCUT2D eigenvalue weighted by Crippen LogP contribution is -2.40. The smallest absolute Gasteiger partial charge is 0.311 e. The average molecular weight is 464 g/mol. The number of nitrogens with zero attached hydrogens (tertiary/aromatic N) is 5. The maximum absolute atomic E-state index is 13.6. The number of halogens is 1. The Labute approximate surface area is 196 Å². The average Bonchev–Trinajstić information content (AvgIpc) is 3.16. The molecule has 1 aliphatic heterocycles. The summed E-state index contributed by atoms with van der Waals surface area (Å²) in [6.07, 6.45) is 0. The van der Waals surface area contributed by atoms with E-state index >= 15 is 0 Å². The fourth-order valence-electron chi connectivity index (χ4n) is 4.71. The van der Waals surface area contributed by atoms with Gasteiger partial charge >= 0.3 is 5.69 Å². The van der Waals surface area contributed by atoms with E-state index in [-0.39, 0.29) is 23.7 Å². The van der Waals surface area contributed by atoms with Crippen LogP contribution >= 0.6 is 11.6 Å². The van der Waals surface area contributed by atoms with Gasteiger partial charge in [-0.15, -0.1) is 0 Å². The Kier molecular flexibility index (Phi) is 5.16. The summed E-state index contributed by atoms with van der Waals surface area (Å²) in [4.78, 5) is 33.7. The minimum absolute atomic E-state index is 0.219. The van der Waals surface area contributed by atoms with Crippen LogP contribution < -0.4 is 16.1 Å². The van der Waals surface area contributed by atoms with Crippen molar-refractivity contribution in [1.82, 2.24) is 18.7 Å². The van der Waals surface area contributed by atoms with Crippen LogP contribution in [0.4, 0.5) is 11.6 Å². The molecule has 0 amide bonds. The summed E-state index contributed by atoms with van der Waals surface area (Å²) in [5.74, 6) is 0.934. The molecule has 0 saturated carbocycles. The zero-order valence-corrected chi connectivity index (χ0v) is 19.9. The van der Waals surface area contributed by atoms with Crippen molar-refractivity contribution in [3.8, 4) is 0 Å². The third kappa shape index (κ3) is 3.56. The van der Waals surface area contributed by atoms with Crippen LogP contribution in [0.1, 0.15) is 23.6 Å². The highest BCUT2D eigenvalue weighted by molar-refractivity contribution is 6.30. The molecule has 1 aliphatic rings. The third-order valence-corrected chi connectivity index (χ3v) is 6.56. The first kappa shape index (κ1) is 21.5. The summed E-state index contributed by atoms with van der Waals surface area (Å²) in [7, 11) is 1.67. The van der Waals surface area contributed by atoms with Crippen LogP contribution in [0.3, 0.4) is 0 Å². The molecule has 8 heteroatoms. The van der Waals surface area contributed by atoms with Crippen LogP contribution in [0.5, 0.6) is 0 Å². The van der Waals surface area contributed by atoms with E-state index in [1.54, 1.807) is 7.05 Å². The van der Waals surface area contributed by atoms with E-state index in [2.05, 4.69) is 11.8 Å². The molecule has 7 nitrogen and oxygen atoms in total. The first-order chi connectivity index (χ1) is 15.7. The van der Waals surface area contributed by atoms with Crippen LogP contribution in [-0.4, -0.2) is 25.2 Å². The van der Waals surface area contributed by atoms with Crippen molar-refractivity contribution in [3.05, 3.63) is 85.0 Å². The number of aromatic nitrogens is 4. The second kappa shape index (κ2) is 7.92. The van der Waals surface area contributed by atoms with Crippen LogP contribution in [0, 0.1) is 19.8 Å². The van der Waals surface area contributed by atoms with Crippen molar-refractivity contribution < 1.29 is 0 Å². The summed E-state index contributed by atoms with van der Waals surface area (Å²) in [6, 6.07) is 13.6. The number of anilines is 2. The maximum Gasteiger partial charge on any atom is 0.332 e. The Balaban J connectivity index is 1.74. The van der Waals surface area contributed by atoms with Gasteiger partial charge in [0.15, 0.2) is 11.2 Å². The van der Waals surface area contributed by atoms with Gasteiger partial charge in [-0.3, -0.25) is 13.9 Å². The molecular formula is C25H26ClN5O2. The zero-order chi connectivity index (χ0) is 23.4. The van der Waals surface area contributed by atoms with Crippen LogP contribution in [0.25, 0.3) is 11.2 Å². The summed E-state index contributed by atoms with van der Waals surface area (Å²) >= 11 is 6.31. The van der Waals surface area contributed by atoms with Crippen molar-refractivity contribution in [2.45, 2.75) is 33.9 Å². The van der Waals surface area contributed by atoms with Gasteiger partial charge in [-0.25, -0.2) is 4.79 Å². The first-order valence-corrected chi connectivity index (χ1v) is 11.4. The summed E-state index contributed by atoms with van der Waals surface area (Å²) in [5, 5.41) is 0.643. The van der Waals surface area contributed by atoms with Crippen molar-refractivity contribution in [3.63, 3.8) is 0 Å². The lowest BCUT2D eigenvalue weighted by Gasteiger charge is -2.33. The molecule has 5 rings (SSSR count). The van der Waals surface area contributed by atoms with Gasteiger partial charge in [0.25, 0.3) is 5.56 Å². The quantitative estimate of drug-likeness (QED) is 0.460. The molecule has 0 aliphatic carbocycles. The Morgan fingerprint density at radius 2 is 1.88 bits per heavy atom. The van der Waals surface area contributed by atoms with Crippen molar-refractivity contribution in [2.75, 3.05) is 11.4 Å². The molecular weight excluding hydrogens is 438 g/mol. The molecule has 0 N–H and O–H groups in total. The topological polar surface area (TPSA) is 65.1 Å². The Morgan fingerprint density at radius 1 is 1.09 bits per heavy atom. The zero-order valence-electron chi connectivity index (χ0n) is 19.2. The molecule has 4 aromatic rings. The maximum atomic E-state index is 13.6. The molecule has 0 bridgehead atoms. The molecule has 1 atom stereocenters. The molecule has 0 spiro atoms. The van der Waals surface area contributed by atoms with Crippen molar-refractivity contribution >= 4 is 34.4 Å². The number of fused-ring (bicyclic) bond motifs is 3. The van der Waals surface area contributed by atoms with Gasteiger partial charge < -0.3 is 9.47 Å². The van der Waals surface area contributed by atoms with E-state index in [0.717, 1.165) is 28.9 Å².